The average Bonchev–Trinajstić information content (AvgIpc) is 2.56. The summed E-state index contributed by atoms with van der Waals surface area (Å²) in [6, 6.07) is 15.2. The zero-order valence-corrected chi connectivity index (χ0v) is 14.2. The van der Waals surface area contributed by atoms with Gasteiger partial charge in [0.2, 0.25) is 11.8 Å². The largest absolute Gasteiger partial charge is 0.468 e. The summed E-state index contributed by atoms with van der Waals surface area (Å²) in [5.74, 6) is -0.828. The van der Waals surface area contributed by atoms with Gasteiger partial charge in [-0.3, -0.25) is 9.59 Å². The molecule has 2 bridgehead atoms. The summed E-state index contributed by atoms with van der Waals surface area (Å²) in [6.07, 6.45) is 0.571. The molecule has 2 N–H and O–H groups in total. The van der Waals surface area contributed by atoms with Gasteiger partial charge in [0.05, 0.1) is 0 Å². The molecule has 0 aliphatic carbocycles. The molecule has 2 amide bonds. The minimum absolute atomic E-state index is 0.200. The molecule has 2 aromatic carbocycles. The topological polar surface area (TPSA) is 67.4 Å². The van der Waals surface area contributed by atoms with Gasteiger partial charge in [-0.25, -0.2) is 0 Å². The summed E-state index contributed by atoms with van der Waals surface area (Å²) in [6.45, 7) is 3.84. The van der Waals surface area contributed by atoms with Gasteiger partial charge in [-0.1, -0.05) is 35.9 Å². The second-order valence-corrected chi connectivity index (χ2v) is 7.00. The molecule has 2 aromatic rings. The van der Waals surface area contributed by atoms with E-state index in [9.17, 15) is 9.59 Å². The first-order valence-electron chi connectivity index (χ1n) is 8.43. The highest BCUT2D eigenvalue weighted by atomic mass is 16.5. The Hall–Kier alpha value is -2.82. The van der Waals surface area contributed by atoms with Crippen molar-refractivity contribution in [3.63, 3.8) is 0 Å². The monoisotopic (exact) mass is 336 g/mol. The van der Waals surface area contributed by atoms with E-state index in [2.05, 4.69) is 10.6 Å². The Morgan fingerprint density at radius 2 is 1.92 bits per heavy atom. The maximum atomic E-state index is 12.9. The van der Waals surface area contributed by atoms with E-state index in [-0.39, 0.29) is 17.7 Å². The molecule has 0 saturated carbocycles. The fraction of sp³-hybridized carbons (Fsp3) is 0.300. The van der Waals surface area contributed by atoms with Gasteiger partial charge in [-0.05, 0) is 37.6 Å². The molecule has 4 rings (SSSR count). The molecule has 5 heteroatoms. The quantitative estimate of drug-likeness (QED) is 0.829. The number of rotatable bonds is 2. The van der Waals surface area contributed by atoms with E-state index >= 15 is 0 Å². The van der Waals surface area contributed by atoms with E-state index in [1.54, 1.807) is 0 Å². The van der Waals surface area contributed by atoms with Gasteiger partial charge < -0.3 is 15.4 Å². The highest BCUT2D eigenvalue weighted by Gasteiger charge is 2.51. The van der Waals surface area contributed by atoms with Gasteiger partial charge in [-0.15, -0.1) is 0 Å². The van der Waals surface area contributed by atoms with E-state index in [0.717, 1.165) is 16.9 Å². The van der Waals surface area contributed by atoms with Crippen LogP contribution in [0.4, 0.5) is 5.69 Å². The molecule has 0 aromatic heterocycles. The van der Waals surface area contributed by atoms with Crippen molar-refractivity contribution in [3.05, 3.63) is 59.7 Å². The lowest BCUT2D eigenvalue weighted by Crippen LogP contribution is -2.62. The maximum absolute atomic E-state index is 12.9. The van der Waals surface area contributed by atoms with Gasteiger partial charge in [0.1, 0.15) is 11.7 Å². The smallest absolute Gasteiger partial charge is 0.237 e. The highest BCUT2D eigenvalue weighted by Crippen LogP contribution is 2.46. The maximum Gasteiger partial charge on any atom is 0.237 e. The lowest BCUT2D eigenvalue weighted by atomic mass is 9.74. The van der Waals surface area contributed by atoms with E-state index in [1.807, 2.05) is 62.4 Å². The third kappa shape index (κ3) is 2.76. The van der Waals surface area contributed by atoms with Crippen molar-refractivity contribution in [1.82, 2.24) is 5.32 Å². The summed E-state index contributed by atoms with van der Waals surface area (Å²) in [7, 11) is 0. The lowest BCUT2D eigenvalue weighted by Gasteiger charge is -2.46. The summed E-state index contributed by atoms with van der Waals surface area (Å²) in [5.41, 5.74) is 1.95. The number of hydrogen-bond acceptors (Lipinski definition) is 3. The molecule has 25 heavy (non-hydrogen) atoms. The first-order valence-corrected chi connectivity index (χ1v) is 8.43. The van der Waals surface area contributed by atoms with Crippen molar-refractivity contribution >= 4 is 17.5 Å². The van der Waals surface area contributed by atoms with Gasteiger partial charge >= 0.3 is 0 Å². The molecule has 0 spiro atoms. The van der Waals surface area contributed by atoms with Crippen LogP contribution in [0.15, 0.2) is 48.5 Å². The number of amides is 2. The van der Waals surface area contributed by atoms with Crippen molar-refractivity contribution in [2.75, 3.05) is 5.32 Å². The molecule has 128 valence electrons. The Kier molecular flexibility index (Phi) is 3.53. The van der Waals surface area contributed by atoms with Gasteiger partial charge in [0.15, 0.2) is 5.72 Å². The summed E-state index contributed by atoms with van der Waals surface area (Å²) >= 11 is 0. The molecule has 3 atom stereocenters. The Morgan fingerprint density at radius 3 is 2.68 bits per heavy atom. The zero-order chi connectivity index (χ0) is 17.6. The second kappa shape index (κ2) is 5.62. The number of piperidine rings is 1. The number of anilines is 1. The van der Waals surface area contributed by atoms with Crippen LogP contribution in [0.2, 0.25) is 0 Å². The van der Waals surface area contributed by atoms with Crippen molar-refractivity contribution in [3.8, 4) is 5.75 Å². The Morgan fingerprint density at radius 1 is 1.20 bits per heavy atom. The minimum atomic E-state index is -0.778. The van der Waals surface area contributed by atoms with Crippen LogP contribution in [0.3, 0.4) is 0 Å². The number of hydrogen-bond donors (Lipinski definition) is 2. The second-order valence-electron chi connectivity index (χ2n) is 7.00. The fourth-order valence-electron chi connectivity index (χ4n) is 3.75. The first-order chi connectivity index (χ1) is 12.0. The van der Waals surface area contributed by atoms with Crippen molar-refractivity contribution in [2.24, 2.45) is 5.92 Å². The minimum Gasteiger partial charge on any atom is -0.468 e. The normalized spacial score (nSPS) is 26.9. The Balaban J connectivity index is 1.66. The third-order valence-corrected chi connectivity index (χ3v) is 4.94. The summed E-state index contributed by atoms with van der Waals surface area (Å²) in [5, 5.41) is 5.74. The van der Waals surface area contributed by atoms with Gasteiger partial charge in [0, 0.05) is 18.0 Å². The van der Waals surface area contributed by atoms with Crippen LogP contribution in [0, 0.1) is 12.8 Å². The van der Waals surface area contributed by atoms with E-state index < -0.39 is 11.6 Å². The fourth-order valence-corrected chi connectivity index (χ4v) is 3.75. The summed E-state index contributed by atoms with van der Waals surface area (Å²) in [4.78, 5) is 25.5. The predicted molar refractivity (Wildman–Crippen MR) is 94.3 cm³/mol. The Labute approximate surface area is 146 Å². The molecule has 0 radical (unpaired) electrons. The number of carbonyl (C=O) groups excluding carboxylic acids is 2. The van der Waals surface area contributed by atoms with E-state index in [4.69, 9.17) is 4.74 Å². The molecule has 2 heterocycles. The van der Waals surface area contributed by atoms with Crippen LogP contribution in [0.5, 0.6) is 5.75 Å². The molecule has 2 aliphatic heterocycles. The molecular formula is C20H20N2O3. The van der Waals surface area contributed by atoms with Crippen LogP contribution in [0.1, 0.15) is 30.4 Å². The lowest BCUT2D eigenvalue weighted by molar-refractivity contribution is -0.145. The van der Waals surface area contributed by atoms with E-state index in [0.29, 0.717) is 12.1 Å². The first kappa shape index (κ1) is 15.7. The average molecular weight is 336 g/mol. The molecule has 1 fully saturated rings. The summed E-state index contributed by atoms with van der Waals surface area (Å²) < 4.78 is 5.96. The van der Waals surface area contributed by atoms with Crippen LogP contribution in [0.25, 0.3) is 0 Å². The van der Waals surface area contributed by atoms with Crippen LogP contribution < -0.4 is 15.4 Å². The number of nitrogens with one attached hydrogen (secondary N) is 2. The molecule has 1 saturated heterocycles. The molecule has 3 unspecified atom stereocenters. The SMILES string of the molecule is Cc1ccc(NC(=O)C2C(=O)NC3(C)CC2c2ccccc2O3)cc1. The number of aryl methyl sites for hydroxylation is 1. The van der Waals surface area contributed by atoms with Gasteiger partial charge in [0.25, 0.3) is 0 Å². The van der Waals surface area contributed by atoms with Crippen molar-refractivity contribution < 1.29 is 14.3 Å². The standard InChI is InChI=1S/C20H20N2O3/c1-12-7-9-13(10-8-12)21-18(23)17-15-11-20(2,22-19(17)24)25-16-6-4-3-5-14(15)16/h3-10,15,17H,11H2,1-2H3,(H,21,23)(H,22,24). The van der Waals surface area contributed by atoms with Crippen LogP contribution >= 0.6 is 0 Å². The predicted octanol–water partition coefficient (Wildman–Crippen LogP) is 2.96. The third-order valence-electron chi connectivity index (χ3n) is 4.94. The van der Waals surface area contributed by atoms with Crippen LogP contribution in [-0.2, 0) is 9.59 Å². The Bertz CT molecular complexity index is 846. The number of ether oxygens (including phenoxy) is 1. The molecule has 2 aliphatic rings. The molecular weight excluding hydrogens is 316 g/mol. The van der Waals surface area contributed by atoms with Gasteiger partial charge in [-0.2, -0.15) is 0 Å². The number of para-hydroxylation sites is 1. The number of carbonyl (C=O) groups is 2. The molecule has 5 nitrogen and oxygen atoms in total. The van der Waals surface area contributed by atoms with Crippen molar-refractivity contribution in [1.29, 1.82) is 0 Å². The van der Waals surface area contributed by atoms with E-state index in [1.165, 1.54) is 0 Å². The number of benzene rings is 2. The highest BCUT2D eigenvalue weighted by molar-refractivity contribution is 6.08. The van der Waals surface area contributed by atoms with Crippen molar-refractivity contribution in [2.45, 2.75) is 31.9 Å². The number of fused-ring (bicyclic) bond motifs is 4. The van der Waals surface area contributed by atoms with Crippen LogP contribution in [-0.4, -0.2) is 17.5 Å². The zero-order valence-electron chi connectivity index (χ0n) is 14.2.